The molecule has 1 aliphatic rings. The Bertz CT molecular complexity index is 318. The van der Waals surface area contributed by atoms with Crippen molar-refractivity contribution in [3.8, 4) is 5.75 Å². The summed E-state index contributed by atoms with van der Waals surface area (Å²) in [5, 5.41) is 0. The molecule has 0 bridgehead atoms. The number of carbonyl (C=O) groups is 1. The smallest absolute Gasteiger partial charge is 0.127 e. The molecule has 2 nitrogen and oxygen atoms in total. The van der Waals surface area contributed by atoms with Crippen LogP contribution in [0.25, 0.3) is 0 Å². The van der Waals surface area contributed by atoms with Crippen LogP contribution in [0.5, 0.6) is 5.75 Å². The van der Waals surface area contributed by atoms with E-state index in [0.29, 0.717) is 0 Å². The monoisotopic (exact) mass is 162 g/mol. The highest BCUT2D eigenvalue weighted by Crippen LogP contribution is 2.35. The molecule has 1 aliphatic carbocycles. The molecule has 0 radical (unpaired) electrons. The topological polar surface area (TPSA) is 26.3 Å². The van der Waals surface area contributed by atoms with E-state index in [4.69, 9.17) is 4.74 Å². The van der Waals surface area contributed by atoms with Gasteiger partial charge in [-0.2, -0.15) is 0 Å². The second-order valence-corrected chi connectivity index (χ2v) is 3.01. The zero-order valence-electron chi connectivity index (χ0n) is 6.91. The molecule has 0 heterocycles. The van der Waals surface area contributed by atoms with Crippen molar-refractivity contribution in [2.75, 3.05) is 7.11 Å². The molecule has 2 rings (SSSR count). The first kappa shape index (κ1) is 7.35. The molecule has 0 amide bonds. The van der Waals surface area contributed by atoms with Crippen molar-refractivity contribution in [3.63, 3.8) is 0 Å². The van der Waals surface area contributed by atoms with Crippen LogP contribution in [-0.4, -0.2) is 13.4 Å². The largest absolute Gasteiger partial charge is 0.497 e. The summed E-state index contributed by atoms with van der Waals surface area (Å²) in [7, 11) is 1.64. The van der Waals surface area contributed by atoms with Crippen LogP contribution in [0.2, 0.25) is 0 Å². The van der Waals surface area contributed by atoms with E-state index in [2.05, 4.69) is 0 Å². The van der Waals surface area contributed by atoms with Crippen LogP contribution in [0, 0.1) is 0 Å². The standard InChI is InChI=1S/C10H10O2/c1-12-9-3-2-7-4-8(6-11)10(7)5-9/h2-3,5-6,8H,4H2,1H3. The molecule has 0 saturated carbocycles. The van der Waals surface area contributed by atoms with Gasteiger partial charge in [0.2, 0.25) is 0 Å². The maximum absolute atomic E-state index is 10.5. The van der Waals surface area contributed by atoms with Crippen molar-refractivity contribution in [1.82, 2.24) is 0 Å². The van der Waals surface area contributed by atoms with E-state index in [9.17, 15) is 4.79 Å². The van der Waals surface area contributed by atoms with E-state index in [0.717, 1.165) is 24.0 Å². The molecule has 1 aromatic carbocycles. The van der Waals surface area contributed by atoms with Gasteiger partial charge in [-0.3, -0.25) is 0 Å². The van der Waals surface area contributed by atoms with E-state index < -0.39 is 0 Å². The highest BCUT2D eigenvalue weighted by atomic mass is 16.5. The SMILES string of the molecule is COc1ccc2c(c1)C(C=O)C2. The third-order valence-corrected chi connectivity index (χ3v) is 2.36. The average molecular weight is 162 g/mol. The quantitative estimate of drug-likeness (QED) is 0.616. The van der Waals surface area contributed by atoms with Crippen LogP contribution >= 0.6 is 0 Å². The Balaban J connectivity index is 2.37. The molecule has 62 valence electrons. The first-order valence-electron chi connectivity index (χ1n) is 3.97. The fourth-order valence-corrected chi connectivity index (χ4v) is 1.57. The lowest BCUT2D eigenvalue weighted by Gasteiger charge is -2.25. The number of rotatable bonds is 2. The predicted octanol–water partition coefficient (Wildman–Crippen LogP) is 1.53. The van der Waals surface area contributed by atoms with Gasteiger partial charge in [0, 0.05) is 5.92 Å². The number of hydrogen-bond acceptors (Lipinski definition) is 2. The molecule has 1 atom stereocenters. The first-order valence-corrected chi connectivity index (χ1v) is 3.97. The van der Waals surface area contributed by atoms with Gasteiger partial charge in [0.1, 0.15) is 12.0 Å². The van der Waals surface area contributed by atoms with E-state index in [1.165, 1.54) is 5.56 Å². The van der Waals surface area contributed by atoms with E-state index in [1.54, 1.807) is 7.11 Å². The zero-order chi connectivity index (χ0) is 8.55. The van der Waals surface area contributed by atoms with Crippen LogP contribution in [0.3, 0.4) is 0 Å². The van der Waals surface area contributed by atoms with Gasteiger partial charge in [-0.15, -0.1) is 0 Å². The molecule has 0 aromatic heterocycles. The van der Waals surface area contributed by atoms with Crippen molar-refractivity contribution in [2.45, 2.75) is 12.3 Å². The third kappa shape index (κ3) is 0.916. The molecule has 0 fully saturated rings. The van der Waals surface area contributed by atoms with Crippen LogP contribution in [0.15, 0.2) is 18.2 Å². The molecule has 0 saturated heterocycles. The van der Waals surface area contributed by atoms with Gasteiger partial charge in [-0.05, 0) is 29.7 Å². The van der Waals surface area contributed by atoms with Gasteiger partial charge in [0.15, 0.2) is 0 Å². The Kier molecular flexibility index (Phi) is 1.61. The normalized spacial score (nSPS) is 19.2. The minimum Gasteiger partial charge on any atom is -0.497 e. The Hall–Kier alpha value is -1.31. The van der Waals surface area contributed by atoms with E-state index in [1.807, 2.05) is 18.2 Å². The van der Waals surface area contributed by atoms with Gasteiger partial charge >= 0.3 is 0 Å². The molecule has 2 heteroatoms. The fourth-order valence-electron chi connectivity index (χ4n) is 1.57. The molecular formula is C10H10O2. The summed E-state index contributed by atoms with van der Waals surface area (Å²) in [5.41, 5.74) is 2.40. The predicted molar refractivity (Wildman–Crippen MR) is 45.5 cm³/mol. The molecule has 12 heavy (non-hydrogen) atoms. The lowest BCUT2D eigenvalue weighted by molar-refractivity contribution is -0.109. The maximum atomic E-state index is 10.5. The minimum absolute atomic E-state index is 0.107. The Morgan fingerprint density at radius 2 is 2.42 bits per heavy atom. The van der Waals surface area contributed by atoms with Gasteiger partial charge < -0.3 is 9.53 Å². The summed E-state index contributed by atoms with van der Waals surface area (Å²) < 4.78 is 5.06. The second-order valence-electron chi connectivity index (χ2n) is 3.01. The van der Waals surface area contributed by atoms with Gasteiger partial charge in [-0.25, -0.2) is 0 Å². The van der Waals surface area contributed by atoms with Crippen LogP contribution in [0.4, 0.5) is 0 Å². The number of benzene rings is 1. The molecule has 1 unspecified atom stereocenters. The Labute approximate surface area is 71.2 Å². The van der Waals surface area contributed by atoms with Gasteiger partial charge in [-0.1, -0.05) is 6.07 Å². The molecule has 0 N–H and O–H groups in total. The summed E-state index contributed by atoms with van der Waals surface area (Å²) in [5.74, 6) is 0.940. The van der Waals surface area contributed by atoms with Crippen molar-refractivity contribution in [2.24, 2.45) is 0 Å². The van der Waals surface area contributed by atoms with Crippen molar-refractivity contribution in [1.29, 1.82) is 0 Å². The van der Waals surface area contributed by atoms with Crippen LogP contribution < -0.4 is 4.74 Å². The molecule has 0 spiro atoms. The second kappa shape index (κ2) is 2.63. The van der Waals surface area contributed by atoms with Crippen molar-refractivity contribution >= 4 is 6.29 Å². The van der Waals surface area contributed by atoms with Crippen LogP contribution in [0.1, 0.15) is 17.0 Å². The molecule has 0 aliphatic heterocycles. The third-order valence-electron chi connectivity index (χ3n) is 2.36. The number of methoxy groups -OCH3 is 1. The maximum Gasteiger partial charge on any atom is 0.127 e. The first-order chi connectivity index (χ1) is 5.85. The van der Waals surface area contributed by atoms with Gasteiger partial charge in [0.25, 0.3) is 0 Å². The van der Waals surface area contributed by atoms with E-state index in [-0.39, 0.29) is 5.92 Å². The highest BCUT2D eigenvalue weighted by Gasteiger charge is 2.25. The summed E-state index contributed by atoms with van der Waals surface area (Å²) in [6, 6.07) is 5.89. The lowest BCUT2D eigenvalue weighted by Crippen LogP contribution is -2.17. The minimum atomic E-state index is 0.107. The molecular weight excluding hydrogens is 152 g/mol. The lowest BCUT2D eigenvalue weighted by atomic mass is 9.78. The number of aldehydes is 1. The Morgan fingerprint density at radius 3 is 3.08 bits per heavy atom. The zero-order valence-corrected chi connectivity index (χ0v) is 6.91. The van der Waals surface area contributed by atoms with Gasteiger partial charge in [0.05, 0.1) is 7.11 Å². The van der Waals surface area contributed by atoms with Crippen molar-refractivity contribution in [3.05, 3.63) is 29.3 Å². The summed E-state index contributed by atoms with van der Waals surface area (Å²) in [6.45, 7) is 0. The van der Waals surface area contributed by atoms with Crippen molar-refractivity contribution < 1.29 is 9.53 Å². The fraction of sp³-hybridized carbons (Fsp3) is 0.300. The number of carbonyl (C=O) groups excluding carboxylic acids is 1. The summed E-state index contributed by atoms with van der Waals surface area (Å²) in [6.07, 6.45) is 1.89. The number of fused-ring (bicyclic) bond motifs is 1. The summed E-state index contributed by atoms with van der Waals surface area (Å²) >= 11 is 0. The highest BCUT2D eigenvalue weighted by molar-refractivity contribution is 5.69. The number of hydrogen-bond donors (Lipinski definition) is 0. The molecule has 1 aromatic rings. The van der Waals surface area contributed by atoms with Crippen LogP contribution in [-0.2, 0) is 11.2 Å². The van der Waals surface area contributed by atoms with E-state index >= 15 is 0 Å². The average Bonchev–Trinajstić information content (AvgIpc) is 2.08. The Morgan fingerprint density at radius 1 is 1.58 bits per heavy atom. The number of ether oxygens (including phenoxy) is 1. The summed E-state index contributed by atoms with van der Waals surface area (Å²) in [4.78, 5) is 10.5.